The summed E-state index contributed by atoms with van der Waals surface area (Å²) in [6.07, 6.45) is 13.8. The second-order valence-electron chi connectivity index (χ2n) is 4.55. The summed E-state index contributed by atoms with van der Waals surface area (Å²) >= 11 is 7.06. The maximum absolute atomic E-state index is 5.89. The zero-order valence-corrected chi connectivity index (χ0v) is 22.2. The van der Waals surface area contributed by atoms with E-state index in [1.54, 1.807) is 42.9 Å². The molecule has 0 aromatic heterocycles. The third-order valence-corrected chi connectivity index (χ3v) is 2.90. The number of nitrogens with two attached hydrogens (primary N) is 1. The minimum atomic E-state index is 0.435. The van der Waals surface area contributed by atoms with Crippen LogP contribution in [0.3, 0.4) is 0 Å². The molecule has 0 bridgehead atoms. The average molecular weight is 466 g/mol. The Morgan fingerprint density at radius 3 is 1.71 bits per heavy atom. The molecule has 0 unspecified atom stereocenters. The third kappa shape index (κ3) is 19.5. The molecule has 1 aromatic rings. The second kappa shape index (κ2) is 30.0. The predicted molar refractivity (Wildman–Crippen MR) is 150 cm³/mol. The monoisotopic (exact) mass is 465 g/mol. The maximum atomic E-state index is 5.89. The molecule has 0 aliphatic rings. The number of hydrogen-bond donors (Lipinski definition) is 3. The maximum Gasteiger partial charge on any atom is 0.146 e. The Balaban J connectivity index is -0.000000407. The van der Waals surface area contributed by atoms with E-state index in [-0.39, 0.29) is 0 Å². The molecule has 1 aromatic carbocycles. The van der Waals surface area contributed by atoms with Gasteiger partial charge in [0.2, 0.25) is 0 Å². The van der Waals surface area contributed by atoms with Crippen molar-refractivity contribution in [1.82, 2.24) is 0 Å². The smallest absolute Gasteiger partial charge is 0.146 e. The van der Waals surface area contributed by atoms with Gasteiger partial charge in [0.15, 0.2) is 0 Å². The number of benzene rings is 1. The molecule has 0 heterocycles. The van der Waals surface area contributed by atoms with E-state index in [0.717, 1.165) is 11.3 Å². The van der Waals surface area contributed by atoms with Crippen LogP contribution in [0.5, 0.6) is 11.5 Å². The molecular formula is C26H43NO2S2. The van der Waals surface area contributed by atoms with Crippen LogP contribution in [0.2, 0.25) is 0 Å². The summed E-state index contributed by atoms with van der Waals surface area (Å²) in [5, 5.41) is 0. The van der Waals surface area contributed by atoms with Crippen LogP contribution in [0.4, 0.5) is 0 Å². The predicted octanol–water partition coefficient (Wildman–Crippen LogP) is 7.82. The SMILES string of the molecule is C=C/C=C(\C=C)COc1ccc(OC(=C/C)/C(N)=C\C=C)cc1.CC.CC.CS.CS. The van der Waals surface area contributed by atoms with Crippen molar-refractivity contribution in [2.24, 2.45) is 5.73 Å². The summed E-state index contributed by atoms with van der Waals surface area (Å²) in [5.41, 5.74) is 7.37. The summed E-state index contributed by atoms with van der Waals surface area (Å²) in [7, 11) is 0. The van der Waals surface area contributed by atoms with Crippen LogP contribution >= 0.6 is 25.3 Å². The minimum Gasteiger partial charge on any atom is -0.489 e. The molecule has 1 rings (SSSR count). The van der Waals surface area contributed by atoms with Gasteiger partial charge in [-0.05, 0) is 61.4 Å². The van der Waals surface area contributed by atoms with Crippen molar-refractivity contribution in [2.75, 3.05) is 19.1 Å². The fourth-order valence-electron chi connectivity index (χ4n) is 1.72. The van der Waals surface area contributed by atoms with Gasteiger partial charge in [0, 0.05) is 0 Å². The summed E-state index contributed by atoms with van der Waals surface area (Å²) in [6.45, 7) is 21.3. The molecule has 3 nitrogen and oxygen atoms in total. The topological polar surface area (TPSA) is 44.5 Å². The first kappa shape index (κ1) is 36.2. The zero-order chi connectivity index (χ0) is 25.1. The second-order valence-corrected chi connectivity index (χ2v) is 4.55. The number of thiol groups is 2. The van der Waals surface area contributed by atoms with E-state index in [9.17, 15) is 0 Å². The van der Waals surface area contributed by atoms with Crippen molar-refractivity contribution >= 4 is 25.3 Å². The number of rotatable bonds is 9. The summed E-state index contributed by atoms with van der Waals surface area (Å²) in [4.78, 5) is 0. The fraction of sp³-hybridized carbons (Fsp3) is 0.308. The highest BCUT2D eigenvalue weighted by Crippen LogP contribution is 2.21. The van der Waals surface area contributed by atoms with Crippen LogP contribution in [-0.2, 0) is 0 Å². The number of hydrogen-bond acceptors (Lipinski definition) is 5. The quantitative estimate of drug-likeness (QED) is 0.198. The van der Waals surface area contributed by atoms with E-state index in [2.05, 4.69) is 45.0 Å². The molecule has 0 atom stereocenters. The molecule has 0 spiro atoms. The van der Waals surface area contributed by atoms with Gasteiger partial charge in [-0.25, -0.2) is 0 Å². The highest BCUT2D eigenvalue weighted by atomic mass is 32.1. The van der Waals surface area contributed by atoms with Gasteiger partial charge in [0.05, 0.1) is 5.70 Å². The number of allylic oxidation sites excluding steroid dienone is 5. The average Bonchev–Trinajstić information content (AvgIpc) is 2.86. The molecule has 176 valence electrons. The lowest BCUT2D eigenvalue weighted by atomic mass is 10.2. The zero-order valence-electron chi connectivity index (χ0n) is 20.4. The highest BCUT2D eigenvalue weighted by Gasteiger charge is 2.03. The van der Waals surface area contributed by atoms with E-state index < -0.39 is 0 Å². The Morgan fingerprint density at radius 1 is 0.871 bits per heavy atom. The Morgan fingerprint density at radius 2 is 1.32 bits per heavy atom. The van der Waals surface area contributed by atoms with E-state index in [1.165, 1.54) is 0 Å². The van der Waals surface area contributed by atoms with Crippen molar-refractivity contribution < 1.29 is 9.47 Å². The molecule has 0 radical (unpaired) electrons. The third-order valence-electron chi connectivity index (χ3n) is 2.90. The first-order valence-electron chi connectivity index (χ1n) is 10.1. The minimum absolute atomic E-state index is 0.435. The Labute approximate surface area is 202 Å². The molecule has 0 saturated heterocycles. The van der Waals surface area contributed by atoms with Crippen LogP contribution in [0.1, 0.15) is 34.6 Å². The van der Waals surface area contributed by atoms with Gasteiger partial charge in [0.25, 0.3) is 0 Å². The molecule has 31 heavy (non-hydrogen) atoms. The molecular weight excluding hydrogens is 422 g/mol. The Bertz CT molecular complexity index is 646. The van der Waals surface area contributed by atoms with E-state index in [0.29, 0.717) is 23.8 Å². The van der Waals surface area contributed by atoms with E-state index in [1.807, 2.05) is 65.0 Å². The first-order valence-corrected chi connectivity index (χ1v) is 11.9. The van der Waals surface area contributed by atoms with Crippen LogP contribution in [0.15, 0.2) is 97.5 Å². The van der Waals surface area contributed by atoms with E-state index >= 15 is 0 Å². The van der Waals surface area contributed by atoms with Gasteiger partial charge >= 0.3 is 0 Å². The van der Waals surface area contributed by atoms with Gasteiger partial charge in [0.1, 0.15) is 23.9 Å². The highest BCUT2D eigenvalue weighted by molar-refractivity contribution is 7.79. The van der Waals surface area contributed by atoms with Gasteiger partial charge in [-0.15, -0.1) is 0 Å². The van der Waals surface area contributed by atoms with Gasteiger partial charge in [-0.3, -0.25) is 0 Å². The lowest BCUT2D eigenvalue weighted by Gasteiger charge is -2.11. The van der Waals surface area contributed by atoms with Crippen LogP contribution in [-0.4, -0.2) is 19.1 Å². The van der Waals surface area contributed by atoms with Crippen molar-refractivity contribution in [3.05, 3.63) is 97.5 Å². The van der Waals surface area contributed by atoms with Gasteiger partial charge < -0.3 is 15.2 Å². The first-order chi connectivity index (χ1) is 15.1. The molecule has 0 saturated carbocycles. The normalized spacial score (nSPS) is 10.0. The van der Waals surface area contributed by atoms with Crippen LogP contribution in [0, 0.1) is 0 Å². The van der Waals surface area contributed by atoms with Crippen LogP contribution < -0.4 is 15.2 Å². The van der Waals surface area contributed by atoms with Crippen molar-refractivity contribution in [3.63, 3.8) is 0 Å². The largest absolute Gasteiger partial charge is 0.489 e. The molecule has 0 amide bonds. The molecule has 0 fully saturated rings. The van der Waals surface area contributed by atoms with Crippen molar-refractivity contribution in [2.45, 2.75) is 34.6 Å². The molecule has 5 heteroatoms. The fourth-order valence-corrected chi connectivity index (χ4v) is 1.72. The lowest BCUT2D eigenvalue weighted by molar-refractivity contribution is 0.354. The van der Waals surface area contributed by atoms with Gasteiger partial charge in [-0.1, -0.05) is 71.7 Å². The number of ether oxygens (including phenoxy) is 2. The molecule has 0 aliphatic heterocycles. The lowest BCUT2D eigenvalue weighted by Crippen LogP contribution is -2.06. The standard InChI is InChI=1S/C20H23NO2.2C2H6.2CH4S/c1-5-9-16(7-3)15-22-17-11-13-18(14-12-17)23-20(8-4)19(21)10-6-2;4*1-2/h5-14H,1-3,15,21H2,4H3;2*1-2H3;2*2H,1H3/b16-9+,19-10+,20-8+;;;;. The summed E-state index contributed by atoms with van der Waals surface area (Å²) < 4.78 is 11.4. The van der Waals surface area contributed by atoms with Gasteiger partial charge in [-0.2, -0.15) is 25.3 Å². The Kier molecular flexibility index (Phi) is 34.9. The van der Waals surface area contributed by atoms with Crippen molar-refractivity contribution in [3.8, 4) is 11.5 Å². The van der Waals surface area contributed by atoms with E-state index in [4.69, 9.17) is 15.2 Å². The van der Waals surface area contributed by atoms with Crippen molar-refractivity contribution in [1.29, 1.82) is 0 Å². The molecule has 2 N–H and O–H groups in total. The Hall–Kier alpha value is -2.24. The molecule has 0 aliphatic carbocycles. The summed E-state index contributed by atoms with van der Waals surface area (Å²) in [5.74, 6) is 2.00. The van der Waals surface area contributed by atoms with Crippen LogP contribution in [0.25, 0.3) is 0 Å². The summed E-state index contributed by atoms with van der Waals surface area (Å²) in [6, 6.07) is 7.32.